The average Bonchev–Trinajstić information content (AvgIpc) is 3.01. The monoisotopic (exact) mass is 303 g/mol. The summed E-state index contributed by atoms with van der Waals surface area (Å²) in [4.78, 5) is 4.70. The normalized spacial score (nSPS) is 18.3. The second-order valence-corrected chi connectivity index (χ2v) is 5.86. The molecular weight excluding hydrogens is 278 g/mol. The number of nitrogens with one attached hydrogen (secondary N) is 2. The topological polar surface area (TPSA) is 54.9 Å². The van der Waals surface area contributed by atoms with Gasteiger partial charge < -0.3 is 20.1 Å². The molecule has 0 atom stereocenters. The predicted molar refractivity (Wildman–Crippen MR) is 87.4 cm³/mol. The van der Waals surface area contributed by atoms with Crippen LogP contribution in [0.2, 0.25) is 0 Å². The van der Waals surface area contributed by atoms with Gasteiger partial charge >= 0.3 is 0 Å². The van der Waals surface area contributed by atoms with Crippen LogP contribution in [0.5, 0.6) is 11.5 Å². The van der Waals surface area contributed by atoms with E-state index in [1.54, 1.807) is 0 Å². The molecule has 0 unspecified atom stereocenters. The Balaban J connectivity index is 1.61. The molecular formula is C17H25N3O2. The molecule has 1 aromatic carbocycles. The van der Waals surface area contributed by atoms with Crippen LogP contribution in [0.1, 0.15) is 44.6 Å². The Hall–Kier alpha value is -1.91. The third-order valence-corrected chi connectivity index (χ3v) is 4.15. The van der Waals surface area contributed by atoms with Gasteiger partial charge in [-0.15, -0.1) is 0 Å². The van der Waals surface area contributed by atoms with Crippen LogP contribution < -0.4 is 20.1 Å². The van der Waals surface area contributed by atoms with Crippen molar-refractivity contribution in [3.8, 4) is 11.5 Å². The summed E-state index contributed by atoms with van der Waals surface area (Å²) in [6.45, 7) is 3.92. The van der Waals surface area contributed by atoms with E-state index in [9.17, 15) is 0 Å². The number of aliphatic imine (C=N–C) groups is 1. The van der Waals surface area contributed by atoms with Gasteiger partial charge in [-0.2, -0.15) is 0 Å². The Morgan fingerprint density at radius 2 is 2.00 bits per heavy atom. The number of guanidine groups is 1. The van der Waals surface area contributed by atoms with Crippen LogP contribution in [0.3, 0.4) is 0 Å². The molecule has 1 heterocycles. The van der Waals surface area contributed by atoms with Gasteiger partial charge in [0, 0.05) is 12.6 Å². The summed E-state index contributed by atoms with van der Waals surface area (Å²) in [5, 5.41) is 6.90. The molecule has 0 spiro atoms. The van der Waals surface area contributed by atoms with Gasteiger partial charge in [-0.05, 0) is 37.5 Å². The van der Waals surface area contributed by atoms with E-state index in [0.717, 1.165) is 29.6 Å². The van der Waals surface area contributed by atoms with Crippen LogP contribution in [-0.4, -0.2) is 25.3 Å². The highest BCUT2D eigenvalue weighted by Crippen LogP contribution is 2.32. The highest BCUT2D eigenvalue weighted by molar-refractivity contribution is 5.80. The minimum atomic E-state index is 0.313. The van der Waals surface area contributed by atoms with Crippen LogP contribution in [0.4, 0.5) is 0 Å². The van der Waals surface area contributed by atoms with Crippen molar-refractivity contribution in [2.45, 2.75) is 51.6 Å². The Morgan fingerprint density at radius 1 is 1.18 bits per heavy atom. The van der Waals surface area contributed by atoms with Gasteiger partial charge in [-0.25, -0.2) is 4.99 Å². The van der Waals surface area contributed by atoms with Crippen molar-refractivity contribution in [1.82, 2.24) is 10.6 Å². The summed E-state index contributed by atoms with van der Waals surface area (Å²) in [5.74, 6) is 2.55. The first-order valence-electron chi connectivity index (χ1n) is 8.28. The van der Waals surface area contributed by atoms with E-state index in [-0.39, 0.29) is 0 Å². The summed E-state index contributed by atoms with van der Waals surface area (Å²) in [6, 6.07) is 6.56. The fourth-order valence-corrected chi connectivity index (χ4v) is 2.97. The highest BCUT2D eigenvalue weighted by Gasteiger charge is 2.15. The van der Waals surface area contributed by atoms with E-state index in [2.05, 4.69) is 17.6 Å². The predicted octanol–water partition coefficient (Wildman–Crippen LogP) is 2.80. The average molecular weight is 303 g/mol. The van der Waals surface area contributed by atoms with Crippen molar-refractivity contribution in [1.29, 1.82) is 0 Å². The van der Waals surface area contributed by atoms with Crippen molar-refractivity contribution in [3.05, 3.63) is 23.8 Å². The van der Waals surface area contributed by atoms with Crippen LogP contribution >= 0.6 is 0 Å². The zero-order chi connectivity index (χ0) is 15.2. The molecule has 5 nitrogen and oxygen atoms in total. The summed E-state index contributed by atoms with van der Waals surface area (Å²) in [7, 11) is 0. The number of nitrogens with zero attached hydrogens (tertiary/aromatic N) is 1. The first-order chi connectivity index (χ1) is 10.8. The fourth-order valence-electron chi connectivity index (χ4n) is 2.97. The van der Waals surface area contributed by atoms with Crippen molar-refractivity contribution >= 4 is 5.96 Å². The number of hydrogen-bond acceptors (Lipinski definition) is 3. The zero-order valence-corrected chi connectivity index (χ0v) is 13.2. The molecule has 2 aliphatic rings. The van der Waals surface area contributed by atoms with Gasteiger partial charge in [0.05, 0.1) is 6.54 Å². The summed E-state index contributed by atoms with van der Waals surface area (Å²) < 4.78 is 10.7. The molecule has 5 heteroatoms. The van der Waals surface area contributed by atoms with Gasteiger partial charge in [-0.1, -0.05) is 25.3 Å². The van der Waals surface area contributed by atoms with Crippen molar-refractivity contribution < 1.29 is 9.47 Å². The minimum absolute atomic E-state index is 0.313. The Bertz CT molecular complexity index is 525. The third-order valence-electron chi connectivity index (χ3n) is 4.15. The Kier molecular flexibility index (Phi) is 5.03. The first-order valence-corrected chi connectivity index (χ1v) is 8.28. The number of fused-ring (bicyclic) bond motifs is 1. The van der Waals surface area contributed by atoms with Gasteiger partial charge in [0.1, 0.15) is 0 Å². The lowest BCUT2D eigenvalue weighted by atomic mass is 9.96. The van der Waals surface area contributed by atoms with E-state index in [1.807, 2.05) is 18.2 Å². The van der Waals surface area contributed by atoms with Gasteiger partial charge in [0.15, 0.2) is 17.5 Å². The Morgan fingerprint density at radius 3 is 2.82 bits per heavy atom. The molecule has 0 amide bonds. The molecule has 1 saturated carbocycles. The van der Waals surface area contributed by atoms with Crippen molar-refractivity contribution in [2.24, 2.45) is 4.99 Å². The largest absolute Gasteiger partial charge is 0.454 e. The summed E-state index contributed by atoms with van der Waals surface area (Å²) in [6.07, 6.45) is 6.49. The van der Waals surface area contributed by atoms with Crippen molar-refractivity contribution in [3.63, 3.8) is 0 Å². The molecule has 1 aromatic rings. The second-order valence-electron chi connectivity index (χ2n) is 5.86. The van der Waals surface area contributed by atoms with Gasteiger partial charge in [0.25, 0.3) is 0 Å². The lowest BCUT2D eigenvalue weighted by molar-refractivity contribution is 0.174. The quantitative estimate of drug-likeness (QED) is 0.663. The number of rotatable bonds is 4. The second kappa shape index (κ2) is 7.38. The first kappa shape index (κ1) is 15.0. The molecule has 3 rings (SSSR count). The molecule has 0 saturated heterocycles. The van der Waals surface area contributed by atoms with Crippen LogP contribution in [-0.2, 0) is 6.54 Å². The lowest BCUT2D eigenvalue weighted by Gasteiger charge is -2.24. The highest BCUT2D eigenvalue weighted by atomic mass is 16.7. The van der Waals surface area contributed by atoms with E-state index >= 15 is 0 Å². The maximum Gasteiger partial charge on any atom is 0.231 e. The van der Waals surface area contributed by atoms with Crippen LogP contribution in [0.25, 0.3) is 0 Å². The SMILES string of the molecule is CCNC(=NCc1ccc2c(c1)OCO2)NC1CCCCC1. The Labute approximate surface area is 132 Å². The van der Waals surface area contributed by atoms with Crippen LogP contribution in [0.15, 0.2) is 23.2 Å². The number of benzene rings is 1. The molecule has 1 aliphatic heterocycles. The number of ether oxygens (including phenoxy) is 2. The molecule has 120 valence electrons. The molecule has 22 heavy (non-hydrogen) atoms. The smallest absolute Gasteiger partial charge is 0.231 e. The van der Waals surface area contributed by atoms with Crippen molar-refractivity contribution in [2.75, 3.05) is 13.3 Å². The zero-order valence-electron chi connectivity index (χ0n) is 13.2. The fraction of sp³-hybridized carbons (Fsp3) is 0.588. The van der Waals surface area contributed by atoms with E-state index in [1.165, 1.54) is 32.1 Å². The molecule has 0 aromatic heterocycles. The summed E-state index contributed by atoms with van der Waals surface area (Å²) in [5.41, 5.74) is 1.13. The molecule has 1 fully saturated rings. The standard InChI is InChI=1S/C17H25N3O2/c1-2-18-17(20-14-6-4-3-5-7-14)19-11-13-8-9-15-16(10-13)22-12-21-15/h8-10,14H,2-7,11-12H2,1H3,(H2,18,19,20). The van der Waals surface area contributed by atoms with Gasteiger partial charge in [0.2, 0.25) is 6.79 Å². The molecule has 0 bridgehead atoms. The van der Waals surface area contributed by atoms with E-state index < -0.39 is 0 Å². The molecule has 1 aliphatic carbocycles. The maximum atomic E-state index is 5.41. The summed E-state index contributed by atoms with van der Waals surface area (Å²) >= 11 is 0. The lowest BCUT2D eigenvalue weighted by Crippen LogP contribution is -2.44. The van der Waals surface area contributed by atoms with Crippen LogP contribution in [0, 0.1) is 0 Å². The van der Waals surface area contributed by atoms with E-state index in [0.29, 0.717) is 19.4 Å². The molecule has 0 radical (unpaired) electrons. The maximum absolute atomic E-state index is 5.41. The number of hydrogen-bond donors (Lipinski definition) is 2. The van der Waals surface area contributed by atoms with E-state index in [4.69, 9.17) is 14.5 Å². The van der Waals surface area contributed by atoms with Gasteiger partial charge in [-0.3, -0.25) is 0 Å². The molecule has 2 N–H and O–H groups in total. The minimum Gasteiger partial charge on any atom is -0.454 e. The third kappa shape index (κ3) is 3.84.